The van der Waals surface area contributed by atoms with Crippen molar-refractivity contribution in [2.75, 3.05) is 18.0 Å². The van der Waals surface area contributed by atoms with Gasteiger partial charge in [0.1, 0.15) is 0 Å². The lowest BCUT2D eigenvalue weighted by atomic mass is 10.1. The Morgan fingerprint density at radius 3 is 2.79 bits per heavy atom. The SMILES string of the molecule is CC1CNC(CC(=O)O)CN1c1ccc(C#N)cc1. The molecule has 2 unspecified atom stereocenters. The summed E-state index contributed by atoms with van der Waals surface area (Å²) in [7, 11) is 0. The molecule has 1 heterocycles. The first-order valence-corrected chi connectivity index (χ1v) is 6.32. The van der Waals surface area contributed by atoms with Crippen molar-refractivity contribution in [3.8, 4) is 6.07 Å². The molecule has 0 bridgehead atoms. The van der Waals surface area contributed by atoms with E-state index in [0.717, 1.165) is 12.2 Å². The highest BCUT2D eigenvalue weighted by atomic mass is 16.4. The molecular weight excluding hydrogens is 242 g/mol. The van der Waals surface area contributed by atoms with Crippen molar-refractivity contribution in [2.24, 2.45) is 0 Å². The molecule has 1 saturated heterocycles. The Morgan fingerprint density at radius 2 is 2.21 bits per heavy atom. The van der Waals surface area contributed by atoms with Crippen LogP contribution in [0, 0.1) is 11.3 Å². The Morgan fingerprint density at radius 1 is 1.53 bits per heavy atom. The average Bonchev–Trinajstić information content (AvgIpc) is 2.40. The Balaban J connectivity index is 2.11. The number of nitrogens with zero attached hydrogens (tertiary/aromatic N) is 2. The maximum absolute atomic E-state index is 10.8. The third-order valence-electron chi connectivity index (χ3n) is 3.40. The van der Waals surface area contributed by atoms with Gasteiger partial charge in [-0.2, -0.15) is 5.26 Å². The Bertz CT molecular complexity index is 492. The van der Waals surface area contributed by atoms with Gasteiger partial charge in [0.2, 0.25) is 0 Å². The van der Waals surface area contributed by atoms with Gasteiger partial charge < -0.3 is 15.3 Å². The number of carbonyl (C=O) groups is 1. The predicted molar refractivity (Wildman–Crippen MR) is 72.0 cm³/mol. The molecule has 2 rings (SSSR count). The van der Waals surface area contributed by atoms with Gasteiger partial charge in [-0.3, -0.25) is 4.79 Å². The number of hydrogen-bond donors (Lipinski definition) is 2. The third kappa shape index (κ3) is 3.24. The molecule has 1 aromatic rings. The quantitative estimate of drug-likeness (QED) is 0.853. The van der Waals surface area contributed by atoms with E-state index in [0.29, 0.717) is 18.2 Å². The lowest BCUT2D eigenvalue weighted by Crippen LogP contribution is -2.56. The van der Waals surface area contributed by atoms with Crippen LogP contribution in [0.15, 0.2) is 24.3 Å². The van der Waals surface area contributed by atoms with Crippen molar-refractivity contribution in [1.29, 1.82) is 5.26 Å². The second-order valence-corrected chi connectivity index (χ2v) is 4.86. The summed E-state index contributed by atoms with van der Waals surface area (Å²) >= 11 is 0. The maximum Gasteiger partial charge on any atom is 0.304 e. The normalized spacial score (nSPS) is 22.8. The van der Waals surface area contributed by atoms with Crippen molar-refractivity contribution in [3.05, 3.63) is 29.8 Å². The number of nitrogens with one attached hydrogen (secondary N) is 1. The van der Waals surface area contributed by atoms with Crippen LogP contribution in [0.1, 0.15) is 18.9 Å². The zero-order chi connectivity index (χ0) is 13.8. The Hall–Kier alpha value is -2.06. The highest BCUT2D eigenvalue weighted by Gasteiger charge is 2.26. The monoisotopic (exact) mass is 259 g/mol. The molecule has 0 aromatic heterocycles. The average molecular weight is 259 g/mol. The van der Waals surface area contributed by atoms with Crippen molar-refractivity contribution in [3.63, 3.8) is 0 Å². The summed E-state index contributed by atoms with van der Waals surface area (Å²) in [6.07, 6.45) is 0.125. The van der Waals surface area contributed by atoms with E-state index < -0.39 is 5.97 Å². The number of aliphatic carboxylic acids is 1. The van der Waals surface area contributed by atoms with Crippen molar-refractivity contribution in [1.82, 2.24) is 5.32 Å². The van der Waals surface area contributed by atoms with Crippen LogP contribution >= 0.6 is 0 Å². The Kier molecular flexibility index (Phi) is 4.03. The fourth-order valence-electron chi connectivity index (χ4n) is 2.36. The minimum Gasteiger partial charge on any atom is -0.481 e. The van der Waals surface area contributed by atoms with Crippen LogP contribution in [0.4, 0.5) is 5.69 Å². The van der Waals surface area contributed by atoms with Gasteiger partial charge in [-0.25, -0.2) is 0 Å². The van der Waals surface area contributed by atoms with Crippen molar-refractivity contribution < 1.29 is 9.90 Å². The van der Waals surface area contributed by atoms with Gasteiger partial charge in [0.05, 0.1) is 18.1 Å². The second-order valence-electron chi connectivity index (χ2n) is 4.86. The zero-order valence-electron chi connectivity index (χ0n) is 10.8. The molecule has 2 N–H and O–H groups in total. The molecule has 0 radical (unpaired) electrons. The van der Waals surface area contributed by atoms with E-state index in [2.05, 4.69) is 23.2 Å². The molecular formula is C14H17N3O2. The number of hydrogen-bond acceptors (Lipinski definition) is 4. The molecule has 19 heavy (non-hydrogen) atoms. The van der Waals surface area contributed by atoms with E-state index in [1.54, 1.807) is 12.1 Å². The lowest BCUT2D eigenvalue weighted by Gasteiger charge is -2.40. The fourth-order valence-corrected chi connectivity index (χ4v) is 2.36. The number of anilines is 1. The molecule has 100 valence electrons. The first-order chi connectivity index (χ1) is 9.10. The summed E-state index contributed by atoms with van der Waals surface area (Å²) in [6, 6.07) is 9.77. The molecule has 1 fully saturated rings. The molecule has 1 aliphatic heterocycles. The van der Waals surface area contributed by atoms with Crippen molar-refractivity contribution in [2.45, 2.75) is 25.4 Å². The second kappa shape index (κ2) is 5.72. The molecule has 0 amide bonds. The molecule has 5 nitrogen and oxygen atoms in total. The van der Waals surface area contributed by atoms with Gasteiger partial charge >= 0.3 is 5.97 Å². The summed E-state index contributed by atoms with van der Waals surface area (Å²) in [5, 5.41) is 20.9. The highest BCUT2D eigenvalue weighted by Crippen LogP contribution is 2.21. The van der Waals surface area contributed by atoms with Crippen LogP contribution in [0.2, 0.25) is 0 Å². The van der Waals surface area contributed by atoms with Crippen LogP contribution in [-0.4, -0.2) is 36.2 Å². The van der Waals surface area contributed by atoms with E-state index in [1.165, 1.54) is 0 Å². The van der Waals surface area contributed by atoms with Gasteiger partial charge in [-0.15, -0.1) is 0 Å². The van der Waals surface area contributed by atoms with E-state index >= 15 is 0 Å². The van der Waals surface area contributed by atoms with Gasteiger partial charge in [0, 0.05) is 30.9 Å². The Labute approximate surface area is 112 Å². The number of nitriles is 1. The smallest absolute Gasteiger partial charge is 0.304 e. The van der Waals surface area contributed by atoms with Gasteiger partial charge in [-0.05, 0) is 31.2 Å². The van der Waals surface area contributed by atoms with E-state index in [-0.39, 0.29) is 12.5 Å². The minimum atomic E-state index is -0.785. The van der Waals surface area contributed by atoms with Gasteiger partial charge in [0.15, 0.2) is 0 Å². The standard InChI is InChI=1S/C14H17N3O2/c1-10-8-16-12(6-14(18)19)9-17(10)13-4-2-11(7-15)3-5-13/h2-5,10,12,16H,6,8-9H2,1H3,(H,18,19). The minimum absolute atomic E-state index is 0.0376. The molecule has 0 saturated carbocycles. The fraction of sp³-hybridized carbons (Fsp3) is 0.429. The number of carboxylic acid groups (broad SMARTS) is 1. The number of piperazine rings is 1. The molecule has 2 atom stereocenters. The number of carboxylic acids is 1. The first-order valence-electron chi connectivity index (χ1n) is 6.32. The van der Waals surface area contributed by atoms with E-state index in [9.17, 15) is 4.79 Å². The van der Waals surface area contributed by atoms with Crippen LogP contribution in [-0.2, 0) is 4.79 Å². The summed E-state index contributed by atoms with van der Waals surface area (Å²) in [5.41, 5.74) is 1.66. The van der Waals surface area contributed by atoms with Gasteiger partial charge in [0.25, 0.3) is 0 Å². The summed E-state index contributed by atoms with van der Waals surface area (Å²) < 4.78 is 0. The van der Waals surface area contributed by atoms with Crippen molar-refractivity contribution >= 4 is 11.7 Å². The summed E-state index contributed by atoms with van der Waals surface area (Å²) in [5.74, 6) is -0.785. The van der Waals surface area contributed by atoms with E-state index in [1.807, 2.05) is 12.1 Å². The summed E-state index contributed by atoms with van der Waals surface area (Å²) in [6.45, 7) is 3.53. The van der Waals surface area contributed by atoms with E-state index in [4.69, 9.17) is 10.4 Å². The predicted octanol–water partition coefficient (Wildman–Crippen LogP) is 1.20. The summed E-state index contributed by atoms with van der Waals surface area (Å²) in [4.78, 5) is 13.0. The van der Waals surface area contributed by atoms with Crippen LogP contribution in [0.5, 0.6) is 0 Å². The van der Waals surface area contributed by atoms with Crippen LogP contribution < -0.4 is 10.2 Å². The van der Waals surface area contributed by atoms with Gasteiger partial charge in [-0.1, -0.05) is 0 Å². The molecule has 0 spiro atoms. The lowest BCUT2D eigenvalue weighted by molar-refractivity contribution is -0.137. The molecule has 1 aromatic carbocycles. The topological polar surface area (TPSA) is 76.4 Å². The zero-order valence-corrected chi connectivity index (χ0v) is 10.8. The third-order valence-corrected chi connectivity index (χ3v) is 3.40. The highest BCUT2D eigenvalue weighted by molar-refractivity contribution is 5.67. The molecule has 5 heteroatoms. The molecule has 0 aliphatic carbocycles. The maximum atomic E-state index is 10.8. The number of rotatable bonds is 3. The number of benzene rings is 1. The van der Waals surface area contributed by atoms with Crippen LogP contribution in [0.25, 0.3) is 0 Å². The molecule has 1 aliphatic rings. The largest absolute Gasteiger partial charge is 0.481 e. The first kappa shape index (κ1) is 13.4. The van der Waals surface area contributed by atoms with Crippen LogP contribution in [0.3, 0.4) is 0 Å².